The Balaban J connectivity index is 2.22. The van der Waals surface area contributed by atoms with Crippen molar-refractivity contribution in [3.8, 4) is 0 Å². The molecule has 0 atom stereocenters. The third-order valence-electron chi connectivity index (χ3n) is 3.57. The summed E-state index contributed by atoms with van der Waals surface area (Å²) in [6.45, 7) is 5.89. The Bertz CT molecular complexity index is 978. The van der Waals surface area contributed by atoms with Crippen molar-refractivity contribution in [1.82, 2.24) is 9.78 Å². The van der Waals surface area contributed by atoms with Gasteiger partial charge in [0.05, 0.1) is 11.4 Å². The van der Waals surface area contributed by atoms with Gasteiger partial charge in [-0.15, -0.1) is 5.10 Å². The van der Waals surface area contributed by atoms with Crippen LogP contribution < -0.4 is 11.0 Å². The Morgan fingerprint density at radius 2 is 1.29 bits per heavy atom. The highest BCUT2D eigenvalue weighted by atomic mass is 16.3. The first-order chi connectivity index (χ1) is 11.5. The molecular formula is C19H20N4O. The van der Waals surface area contributed by atoms with Crippen LogP contribution >= 0.6 is 0 Å². The second-order valence-electron chi connectivity index (χ2n) is 5.77. The van der Waals surface area contributed by atoms with Gasteiger partial charge in [-0.25, -0.2) is 14.7 Å². The lowest BCUT2D eigenvalue weighted by molar-refractivity contribution is 0.390. The van der Waals surface area contributed by atoms with E-state index in [0.29, 0.717) is 16.9 Å². The first-order valence-corrected chi connectivity index (χ1v) is 7.79. The molecule has 0 aliphatic carbocycles. The van der Waals surface area contributed by atoms with Crippen LogP contribution in [0.15, 0.2) is 62.9 Å². The molecule has 0 radical (unpaired) electrons. The van der Waals surface area contributed by atoms with E-state index in [-0.39, 0.29) is 0 Å². The fourth-order valence-corrected chi connectivity index (χ4v) is 2.27. The second kappa shape index (κ2) is 6.66. The van der Waals surface area contributed by atoms with E-state index < -0.39 is 0 Å². The van der Waals surface area contributed by atoms with Gasteiger partial charge in [0.15, 0.2) is 0 Å². The number of aryl methyl sites for hydroxylation is 4. The minimum atomic E-state index is 0.439. The molecule has 0 aliphatic rings. The largest absolute Gasteiger partial charge is 0.420 e. The molecule has 0 unspecified atom stereocenters. The van der Waals surface area contributed by atoms with Crippen molar-refractivity contribution < 1.29 is 4.42 Å². The van der Waals surface area contributed by atoms with Crippen molar-refractivity contribution in [3.63, 3.8) is 0 Å². The van der Waals surface area contributed by atoms with E-state index in [1.807, 2.05) is 69.4 Å². The van der Waals surface area contributed by atoms with Gasteiger partial charge in [-0.3, -0.25) is 0 Å². The van der Waals surface area contributed by atoms with E-state index in [1.165, 1.54) is 11.1 Å². The number of nitrogens with zero attached hydrogens (tertiary/aromatic N) is 4. The van der Waals surface area contributed by atoms with E-state index in [1.54, 1.807) is 11.6 Å². The van der Waals surface area contributed by atoms with E-state index >= 15 is 0 Å². The van der Waals surface area contributed by atoms with Crippen LogP contribution in [0.5, 0.6) is 0 Å². The molecule has 3 rings (SSSR count). The van der Waals surface area contributed by atoms with Crippen molar-refractivity contribution in [2.75, 3.05) is 0 Å². The Morgan fingerprint density at radius 1 is 0.792 bits per heavy atom. The lowest BCUT2D eigenvalue weighted by atomic mass is 10.2. The zero-order valence-corrected chi connectivity index (χ0v) is 14.3. The molecule has 3 aromatic rings. The maximum atomic E-state index is 5.73. The highest BCUT2D eigenvalue weighted by molar-refractivity contribution is 5.39. The molecule has 2 aromatic carbocycles. The van der Waals surface area contributed by atoms with Crippen LogP contribution in [0.4, 0.5) is 11.4 Å². The summed E-state index contributed by atoms with van der Waals surface area (Å²) >= 11 is 0. The lowest BCUT2D eigenvalue weighted by Crippen LogP contribution is -2.36. The van der Waals surface area contributed by atoms with Crippen LogP contribution in [-0.4, -0.2) is 9.78 Å². The molecule has 1 aromatic heterocycles. The molecule has 0 N–H and O–H groups in total. The minimum absolute atomic E-state index is 0.439. The molecule has 5 nitrogen and oxygen atoms in total. The summed E-state index contributed by atoms with van der Waals surface area (Å²) in [5.74, 6) is 0.534. The molecule has 0 bridgehead atoms. The summed E-state index contributed by atoms with van der Waals surface area (Å²) in [4.78, 5) is 9.25. The molecule has 0 aliphatic heterocycles. The smallest absolute Gasteiger partial charge is 0.266 e. The molecule has 0 amide bonds. The minimum Gasteiger partial charge on any atom is -0.420 e. The molecule has 24 heavy (non-hydrogen) atoms. The maximum absolute atomic E-state index is 5.73. The molecule has 5 heteroatoms. The number of aromatic nitrogens is 2. The first kappa shape index (κ1) is 15.9. The monoisotopic (exact) mass is 320 g/mol. The SMILES string of the molecule is Cc1ccc(N=c2oc(C)nn(C)c2=Nc2ccc(C)cc2)cc1. The number of hydrogen-bond acceptors (Lipinski definition) is 4. The predicted molar refractivity (Wildman–Crippen MR) is 93.0 cm³/mol. The molecule has 122 valence electrons. The Morgan fingerprint density at radius 3 is 1.83 bits per heavy atom. The number of benzene rings is 2. The van der Waals surface area contributed by atoms with Crippen molar-refractivity contribution in [2.45, 2.75) is 20.8 Å². The first-order valence-electron chi connectivity index (χ1n) is 7.79. The standard InChI is InChI=1S/C19H20N4O/c1-13-5-9-16(10-6-13)20-18-19(24-15(3)22-23(18)4)21-17-11-7-14(2)8-12-17/h5-12H,1-4H3. The van der Waals surface area contributed by atoms with E-state index in [9.17, 15) is 0 Å². The van der Waals surface area contributed by atoms with Gasteiger partial charge in [0.25, 0.3) is 5.55 Å². The summed E-state index contributed by atoms with van der Waals surface area (Å²) in [6.07, 6.45) is 0. The average Bonchev–Trinajstić information content (AvgIpc) is 2.54. The fourth-order valence-electron chi connectivity index (χ4n) is 2.27. The Labute approximate surface area is 140 Å². The van der Waals surface area contributed by atoms with Gasteiger partial charge < -0.3 is 4.42 Å². The van der Waals surface area contributed by atoms with Crippen LogP contribution in [0.1, 0.15) is 17.0 Å². The molecule has 0 fully saturated rings. The summed E-state index contributed by atoms with van der Waals surface area (Å²) in [5, 5.41) is 4.30. The summed E-state index contributed by atoms with van der Waals surface area (Å²) in [6, 6.07) is 15.9. The Hall–Kier alpha value is -2.95. The van der Waals surface area contributed by atoms with Gasteiger partial charge in [0.2, 0.25) is 11.4 Å². The average molecular weight is 320 g/mol. The van der Waals surface area contributed by atoms with Gasteiger partial charge >= 0.3 is 0 Å². The van der Waals surface area contributed by atoms with Crippen LogP contribution in [0.2, 0.25) is 0 Å². The topological polar surface area (TPSA) is 55.7 Å². The highest BCUT2D eigenvalue weighted by Crippen LogP contribution is 2.12. The predicted octanol–water partition coefficient (Wildman–Crippen LogP) is 3.40. The normalized spacial score (nSPS) is 12.7. The zero-order valence-electron chi connectivity index (χ0n) is 14.3. The summed E-state index contributed by atoms with van der Waals surface area (Å²) < 4.78 is 7.41. The van der Waals surface area contributed by atoms with Crippen LogP contribution in [0.3, 0.4) is 0 Å². The van der Waals surface area contributed by atoms with Crippen LogP contribution in [0.25, 0.3) is 0 Å². The van der Waals surface area contributed by atoms with Gasteiger partial charge in [-0.05, 0) is 38.1 Å². The second-order valence-corrected chi connectivity index (χ2v) is 5.77. The van der Waals surface area contributed by atoms with E-state index in [0.717, 1.165) is 11.4 Å². The third kappa shape index (κ3) is 3.68. The number of hydrogen-bond donors (Lipinski definition) is 0. The zero-order chi connectivity index (χ0) is 17.1. The fraction of sp³-hybridized carbons (Fsp3) is 0.211. The van der Waals surface area contributed by atoms with E-state index in [4.69, 9.17) is 4.42 Å². The van der Waals surface area contributed by atoms with Crippen LogP contribution in [0, 0.1) is 20.8 Å². The third-order valence-corrected chi connectivity index (χ3v) is 3.57. The van der Waals surface area contributed by atoms with Crippen LogP contribution in [-0.2, 0) is 7.05 Å². The van der Waals surface area contributed by atoms with Gasteiger partial charge in [0.1, 0.15) is 0 Å². The molecular weight excluding hydrogens is 300 g/mol. The van der Waals surface area contributed by atoms with Crippen molar-refractivity contribution in [3.05, 3.63) is 76.6 Å². The highest BCUT2D eigenvalue weighted by Gasteiger charge is 2.01. The summed E-state index contributed by atoms with van der Waals surface area (Å²) in [5.41, 5.74) is 5.04. The van der Waals surface area contributed by atoms with Crippen molar-refractivity contribution in [2.24, 2.45) is 17.0 Å². The molecule has 0 saturated carbocycles. The van der Waals surface area contributed by atoms with Gasteiger partial charge in [-0.2, -0.15) is 0 Å². The molecule has 0 spiro atoms. The maximum Gasteiger partial charge on any atom is 0.266 e. The van der Waals surface area contributed by atoms with Gasteiger partial charge in [-0.1, -0.05) is 35.4 Å². The quantitative estimate of drug-likeness (QED) is 0.726. The number of rotatable bonds is 2. The van der Waals surface area contributed by atoms with Gasteiger partial charge in [0, 0.05) is 14.0 Å². The van der Waals surface area contributed by atoms with Crippen molar-refractivity contribution >= 4 is 11.4 Å². The van der Waals surface area contributed by atoms with E-state index in [2.05, 4.69) is 15.1 Å². The van der Waals surface area contributed by atoms with Crippen molar-refractivity contribution in [1.29, 1.82) is 0 Å². The Kier molecular flexibility index (Phi) is 4.42. The summed E-state index contributed by atoms with van der Waals surface area (Å²) in [7, 11) is 1.84. The molecule has 1 heterocycles. The molecule has 0 saturated heterocycles. The lowest BCUT2D eigenvalue weighted by Gasteiger charge is -2.02.